The number of hydrogen-bond donors (Lipinski definition) is 2. The molecule has 3 unspecified atom stereocenters. The molecule has 3 atom stereocenters. The number of nitrogens with one attached hydrogen (secondary N) is 2. The van der Waals surface area contributed by atoms with Crippen molar-refractivity contribution in [3.63, 3.8) is 0 Å². The van der Waals surface area contributed by atoms with Crippen LogP contribution in [-0.4, -0.2) is 68.9 Å². The van der Waals surface area contributed by atoms with Crippen LogP contribution in [0.25, 0.3) is 0 Å². The van der Waals surface area contributed by atoms with E-state index in [0.29, 0.717) is 26.3 Å². The van der Waals surface area contributed by atoms with E-state index in [9.17, 15) is 9.59 Å². The van der Waals surface area contributed by atoms with Crippen molar-refractivity contribution >= 4 is 17.5 Å². The quantitative estimate of drug-likeness (QED) is 0.633. The van der Waals surface area contributed by atoms with Crippen LogP contribution in [0.1, 0.15) is 13.8 Å². The topological polar surface area (TPSA) is 83.1 Å². The van der Waals surface area contributed by atoms with Gasteiger partial charge >= 0.3 is 0 Å². The third-order valence-electron chi connectivity index (χ3n) is 5.20. The molecule has 2 fully saturated rings. The molecule has 2 saturated heterocycles. The minimum Gasteiger partial charge on any atom is -0.351 e. The highest BCUT2D eigenvalue weighted by molar-refractivity contribution is 5.98. The number of carbonyl (C=O) groups is 2. The van der Waals surface area contributed by atoms with Gasteiger partial charge in [0.1, 0.15) is 0 Å². The molecule has 2 aliphatic heterocycles. The first kappa shape index (κ1) is 20.7. The van der Waals surface area contributed by atoms with Gasteiger partial charge in [0.2, 0.25) is 11.8 Å². The maximum absolute atomic E-state index is 13.0. The van der Waals surface area contributed by atoms with Crippen LogP contribution >= 0.6 is 0 Å². The molecule has 8 heteroatoms. The number of ether oxygens (including phenoxy) is 2. The number of hydrazine groups is 1. The first-order valence-corrected chi connectivity index (χ1v) is 9.89. The van der Waals surface area contributed by atoms with Gasteiger partial charge in [0.05, 0.1) is 30.1 Å². The minimum absolute atomic E-state index is 0.00191. The predicted molar refractivity (Wildman–Crippen MR) is 105 cm³/mol. The molecule has 28 heavy (non-hydrogen) atoms. The normalized spacial score (nSPS) is 25.2. The van der Waals surface area contributed by atoms with Crippen molar-refractivity contribution in [3.8, 4) is 0 Å². The fourth-order valence-electron chi connectivity index (χ4n) is 3.92. The van der Waals surface area contributed by atoms with Crippen LogP contribution in [0.15, 0.2) is 30.3 Å². The number of likely N-dealkylation sites (tertiary alicyclic amines) is 1. The number of amides is 2. The molecule has 1 aromatic carbocycles. The average Bonchev–Trinajstić information content (AvgIpc) is 3.03. The van der Waals surface area contributed by atoms with Crippen LogP contribution in [-0.2, 0) is 19.1 Å². The van der Waals surface area contributed by atoms with Crippen LogP contribution < -0.4 is 15.8 Å². The van der Waals surface area contributed by atoms with Gasteiger partial charge in [-0.2, -0.15) is 0 Å². The molecular formula is C20H30N4O4. The van der Waals surface area contributed by atoms with Crippen LogP contribution in [0.2, 0.25) is 0 Å². The Morgan fingerprint density at radius 1 is 1.21 bits per heavy atom. The third-order valence-corrected chi connectivity index (χ3v) is 5.20. The summed E-state index contributed by atoms with van der Waals surface area (Å²) >= 11 is 0. The van der Waals surface area contributed by atoms with Crippen LogP contribution in [0.4, 0.5) is 5.69 Å². The number of carbonyl (C=O) groups excluding carboxylic acids is 2. The van der Waals surface area contributed by atoms with Gasteiger partial charge in [-0.3, -0.25) is 9.59 Å². The summed E-state index contributed by atoms with van der Waals surface area (Å²) in [5, 5.41) is 4.52. The smallest absolute Gasteiger partial charge is 0.247 e. The van der Waals surface area contributed by atoms with E-state index in [1.165, 1.54) is 0 Å². The van der Waals surface area contributed by atoms with E-state index in [1.807, 2.05) is 56.1 Å². The van der Waals surface area contributed by atoms with E-state index in [-0.39, 0.29) is 36.2 Å². The van der Waals surface area contributed by atoms with Crippen molar-refractivity contribution in [2.24, 2.45) is 11.8 Å². The monoisotopic (exact) mass is 390 g/mol. The first-order valence-electron chi connectivity index (χ1n) is 9.89. The maximum Gasteiger partial charge on any atom is 0.247 e. The molecule has 0 spiro atoms. The highest BCUT2D eigenvalue weighted by Gasteiger charge is 2.50. The van der Waals surface area contributed by atoms with Gasteiger partial charge in [0, 0.05) is 26.3 Å². The molecule has 0 aliphatic carbocycles. The number of rotatable bonds is 8. The van der Waals surface area contributed by atoms with E-state index in [0.717, 1.165) is 5.69 Å². The molecular weight excluding hydrogens is 360 g/mol. The first-order chi connectivity index (χ1) is 13.5. The number of anilines is 1. The Kier molecular flexibility index (Phi) is 7.01. The molecule has 154 valence electrons. The summed E-state index contributed by atoms with van der Waals surface area (Å²) in [4.78, 5) is 27.9. The Morgan fingerprint density at radius 3 is 2.54 bits per heavy atom. The lowest BCUT2D eigenvalue weighted by atomic mass is 9.84. The van der Waals surface area contributed by atoms with E-state index >= 15 is 0 Å². The Bertz CT molecular complexity index is 665. The summed E-state index contributed by atoms with van der Waals surface area (Å²) in [6.07, 6.45) is -0.463. The largest absolute Gasteiger partial charge is 0.351 e. The SMILES string of the molecule is CCOC(CNC(=O)C1CN(C)CC2C(=O)N(c3ccccc3)NC12)OCC. The van der Waals surface area contributed by atoms with Crippen molar-refractivity contribution in [2.45, 2.75) is 26.2 Å². The molecule has 2 heterocycles. The number of piperidine rings is 1. The minimum atomic E-state index is -0.463. The van der Waals surface area contributed by atoms with Gasteiger partial charge in [0.25, 0.3) is 0 Å². The standard InChI is InChI=1S/C20H30N4O4/c1-4-27-17(28-5-2)11-21-19(25)15-12-23(3)13-16-18(15)22-24(20(16)26)14-9-7-6-8-10-14/h6-10,15-18,22H,4-5,11-13H2,1-3H3,(H,21,25). The number of para-hydroxylation sites is 1. The van der Waals surface area contributed by atoms with Crippen molar-refractivity contribution in [1.29, 1.82) is 0 Å². The van der Waals surface area contributed by atoms with Gasteiger partial charge < -0.3 is 19.7 Å². The zero-order valence-corrected chi connectivity index (χ0v) is 16.8. The number of hydrogen-bond acceptors (Lipinski definition) is 6. The van der Waals surface area contributed by atoms with E-state index < -0.39 is 6.29 Å². The van der Waals surface area contributed by atoms with Gasteiger partial charge in [-0.15, -0.1) is 0 Å². The zero-order valence-electron chi connectivity index (χ0n) is 16.8. The second-order valence-corrected chi connectivity index (χ2v) is 7.18. The Hall–Kier alpha value is -2.00. The van der Waals surface area contributed by atoms with Crippen molar-refractivity contribution in [1.82, 2.24) is 15.6 Å². The van der Waals surface area contributed by atoms with E-state index in [4.69, 9.17) is 9.47 Å². The average molecular weight is 390 g/mol. The molecule has 2 aliphatic rings. The lowest BCUT2D eigenvalue weighted by molar-refractivity contribution is -0.143. The molecule has 0 radical (unpaired) electrons. The summed E-state index contributed by atoms with van der Waals surface area (Å²) < 4.78 is 11.0. The van der Waals surface area contributed by atoms with Crippen LogP contribution in [0.3, 0.4) is 0 Å². The fraction of sp³-hybridized carbons (Fsp3) is 0.600. The Balaban J connectivity index is 1.69. The molecule has 8 nitrogen and oxygen atoms in total. The maximum atomic E-state index is 13.0. The summed E-state index contributed by atoms with van der Waals surface area (Å²) in [5.74, 6) is -0.696. The molecule has 3 rings (SSSR count). The second-order valence-electron chi connectivity index (χ2n) is 7.18. The fourth-order valence-corrected chi connectivity index (χ4v) is 3.92. The molecule has 2 amide bonds. The summed E-state index contributed by atoms with van der Waals surface area (Å²) in [7, 11) is 1.94. The predicted octanol–water partition coefficient (Wildman–Crippen LogP) is 0.600. The lowest BCUT2D eigenvalue weighted by Gasteiger charge is -2.36. The van der Waals surface area contributed by atoms with Gasteiger partial charge in [0.15, 0.2) is 6.29 Å². The summed E-state index contributed by atoms with van der Waals surface area (Å²) in [6.45, 7) is 6.31. The molecule has 1 aromatic rings. The van der Waals surface area contributed by atoms with Crippen molar-refractivity contribution in [2.75, 3.05) is 44.9 Å². The molecule has 0 bridgehead atoms. The number of benzene rings is 1. The van der Waals surface area contributed by atoms with Crippen LogP contribution in [0.5, 0.6) is 0 Å². The van der Waals surface area contributed by atoms with E-state index in [2.05, 4.69) is 10.7 Å². The highest BCUT2D eigenvalue weighted by atomic mass is 16.7. The number of nitrogens with zero attached hydrogens (tertiary/aromatic N) is 2. The van der Waals surface area contributed by atoms with Gasteiger partial charge in [-0.25, -0.2) is 10.4 Å². The molecule has 0 saturated carbocycles. The van der Waals surface area contributed by atoms with Gasteiger partial charge in [-0.05, 0) is 33.0 Å². The third kappa shape index (κ3) is 4.52. The second kappa shape index (κ2) is 9.47. The van der Waals surface area contributed by atoms with Crippen molar-refractivity contribution in [3.05, 3.63) is 30.3 Å². The van der Waals surface area contributed by atoms with Gasteiger partial charge in [-0.1, -0.05) is 18.2 Å². The Morgan fingerprint density at radius 2 is 1.89 bits per heavy atom. The zero-order chi connectivity index (χ0) is 20.1. The highest BCUT2D eigenvalue weighted by Crippen LogP contribution is 2.31. The number of fused-ring (bicyclic) bond motifs is 1. The van der Waals surface area contributed by atoms with E-state index in [1.54, 1.807) is 5.01 Å². The Labute approximate surface area is 166 Å². The van der Waals surface area contributed by atoms with Crippen molar-refractivity contribution < 1.29 is 19.1 Å². The lowest BCUT2D eigenvalue weighted by Crippen LogP contribution is -2.56. The molecule has 0 aromatic heterocycles. The molecule has 2 N–H and O–H groups in total. The summed E-state index contributed by atoms with van der Waals surface area (Å²) in [6, 6.07) is 9.23. The van der Waals surface area contributed by atoms with Crippen LogP contribution in [0, 0.1) is 11.8 Å². The summed E-state index contributed by atoms with van der Waals surface area (Å²) in [5.41, 5.74) is 4.07.